The lowest BCUT2D eigenvalue weighted by molar-refractivity contribution is 0.489. The number of furan rings is 1. The lowest BCUT2D eigenvalue weighted by atomic mass is 9.89. The van der Waals surface area contributed by atoms with Crippen molar-refractivity contribution in [1.29, 1.82) is 0 Å². The summed E-state index contributed by atoms with van der Waals surface area (Å²) in [4.78, 5) is 2.24. The molecule has 0 aliphatic carbocycles. The van der Waals surface area contributed by atoms with Gasteiger partial charge in [-0.2, -0.15) is 0 Å². The van der Waals surface area contributed by atoms with Crippen LogP contribution in [-0.4, -0.2) is 18.5 Å². The highest BCUT2D eigenvalue weighted by molar-refractivity contribution is 6.09. The lowest BCUT2D eigenvalue weighted by Crippen LogP contribution is -2.15. The Morgan fingerprint density at radius 3 is 2.45 bits per heavy atom. The Bertz CT molecular complexity index is 1090. The molecule has 0 amide bonds. The topological polar surface area (TPSA) is 28.4 Å². The Morgan fingerprint density at radius 1 is 1.06 bits per heavy atom. The molecule has 166 valence electrons. The van der Waals surface area contributed by atoms with Crippen molar-refractivity contribution in [2.75, 3.05) is 18.9 Å². The molecule has 0 spiro atoms. The second-order valence-electron chi connectivity index (χ2n) is 9.03. The summed E-state index contributed by atoms with van der Waals surface area (Å²) < 4.78 is 6.25. The zero-order valence-electron chi connectivity index (χ0n) is 20.3. The van der Waals surface area contributed by atoms with Crippen molar-refractivity contribution < 1.29 is 4.42 Å². The Labute approximate surface area is 187 Å². The van der Waals surface area contributed by atoms with Crippen molar-refractivity contribution in [2.45, 2.75) is 66.2 Å². The number of fused-ring (bicyclic) bond motifs is 3. The second kappa shape index (κ2) is 10.1. The number of likely N-dealkylation sites (N-methyl/N-ethyl adjacent to an activating group) is 1. The third kappa shape index (κ3) is 4.98. The highest BCUT2D eigenvalue weighted by Gasteiger charge is 2.21. The van der Waals surface area contributed by atoms with Gasteiger partial charge in [0, 0.05) is 42.5 Å². The number of allylic oxidation sites excluding steroid dienone is 1. The molecule has 0 aliphatic rings. The van der Waals surface area contributed by atoms with Crippen molar-refractivity contribution in [3.05, 3.63) is 65.5 Å². The lowest BCUT2D eigenvalue weighted by Gasteiger charge is -2.21. The van der Waals surface area contributed by atoms with Crippen LogP contribution in [0.25, 0.3) is 21.9 Å². The predicted octanol–water partition coefficient (Wildman–Crippen LogP) is 8.39. The second-order valence-corrected chi connectivity index (χ2v) is 9.03. The number of para-hydroxylation sites is 1. The molecule has 31 heavy (non-hydrogen) atoms. The van der Waals surface area contributed by atoms with E-state index < -0.39 is 0 Å². The zero-order chi connectivity index (χ0) is 22.5. The van der Waals surface area contributed by atoms with Gasteiger partial charge < -0.3 is 14.6 Å². The summed E-state index contributed by atoms with van der Waals surface area (Å²) in [6.45, 7) is 14.4. The van der Waals surface area contributed by atoms with Crippen LogP contribution in [0.2, 0.25) is 0 Å². The molecule has 3 heteroatoms. The summed E-state index contributed by atoms with van der Waals surface area (Å²) >= 11 is 0. The largest absolute Gasteiger partial charge is 0.456 e. The van der Waals surface area contributed by atoms with Crippen LogP contribution in [0, 0.1) is 0 Å². The molecule has 0 radical (unpaired) electrons. The third-order valence-electron chi connectivity index (χ3n) is 5.89. The highest BCUT2D eigenvalue weighted by Crippen LogP contribution is 2.42. The van der Waals surface area contributed by atoms with Crippen molar-refractivity contribution in [3.8, 4) is 0 Å². The van der Waals surface area contributed by atoms with Gasteiger partial charge in [-0.15, -0.1) is 0 Å². The predicted molar refractivity (Wildman–Crippen MR) is 136 cm³/mol. The van der Waals surface area contributed by atoms with Crippen LogP contribution >= 0.6 is 0 Å². The maximum atomic E-state index is 6.25. The maximum absolute atomic E-state index is 6.25. The smallest absolute Gasteiger partial charge is 0.136 e. The van der Waals surface area contributed by atoms with Crippen molar-refractivity contribution in [3.63, 3.8) is 0 Å². The maximum Gasteiger partial charge on any atom is 0.136 e. The van der Waals surface area contributed by atoms with Crippen LogP contribution in [-0.2, 0) is 0 Å². The fourth-order valence-electron chi connectivity index (χ4n) is 4.36. The first-order valence-electron chi connectivity index (χ1n) is 11.7. The van der Waals surface area contributed by atoms with E-state index in [0.717, 1.165) is 30.6 Å². The summed E-state index contributed by atoms with van der Waals surface area (Å²) in [6.07, 6.45) is 8.75. The normalized spacial score (nSPS) is 12.7. The van der Waals surface area contributed by atoms with Gasteiger partial charge in [-0.05, 0) is 47.9 Å². The molecule has 0 aliphatic heterocycles. The molecule has 1 heterocycles. The van der Waals surface area contributed by atoms with Gasteiger partial charge in [-0.3, -0.25) is 0 Å². The van der Waals surface area contributed by atoms with Crippen LogP contribution in [0.15, 0.2) is 58.8 Å². The van der Waals surface area contributed by atoms with Gasteiger partial charge in [-0.25, -0.2) is 0 Å². The minimum atomic E-state index is 0.370. The average Bonchev–Trinajstić information content (AvgIpc) is 3.10. The van der Waals surface area contributed by atoms with E-state index in [0.29, 0.717) is 11.8 Å². The van der Waals surface area contributed by atoms with Crippen molar-refractivity contribution in [1.82, 2.24) is 4.90 Å². The van der Waals surface area contributed by atoms with Gasteiger partial charge in [0.05, 0.1) is 0 Å². The molecule has 1 aromatic heterocycles. The van der Waals surface area contributed by atoms with E-state index >= 15 is 0 Å². The molecule has 1 N–H and O–H groups in total. The minimum Gasteiger partial charge on any atom is -0.456 e. The van der Waals surface area contributed by atoms with Gasteiger partial charge in [0.2, 0.25) is 0 Å². The molecule has 0 atom stereocenters. The van der Waals surface area contributed by atoms with E-state index in [1.165, 1.54) is 33.2 Å². The van der Waals surface area contributed by atoms with Crippen LogP contribution in [0.1, 0.15) is 77.3 Å². The van der Waals surface area contributed by atoms with Gasteiger partial charge in [0.1, 0.15) is 11.2 Å². The number of anilines is 1. The van der Waals surface area contributed by atoms with Gasteiger partial charge in [-0.1, -0.05) is 71.4 Å². The Kier molecular flexibility index (Phi) is 7.48. The summed E-state index contributed by atoms with van der Waals surface area (Å²) in [7, 11) is 2.14. The first-order valence-corrected chi connectivity index (χ1v) is 11.7. The number of benzene rings is 2. The Morgan fingerprint density at radius 2 is 1.81 bits per heavy atom. The Hall–Kier alpha value is -2.68. The SMILES string of the molecule is CC/C=C(\CC)CN(C)/C=C\Nc1c(C(C)C)cc2oc3ccccc3c2c1C(C)C. The van der Waals surface area contributed by atoms with E-state index in [1.807, 2.05) is 6.07 Å². The molecular formula is C28H38N2O. The first-order chi connectivity index (χ1) is 14.9. The van der Waals surface area contributed by atoms with E-state index in [2.05, 4.69) is 102 Å². The van der Waals surface area contributed by atoms with E-state index in [1.54, 1.807) is 0 Å². The van der Waals surface area contributed by atoms with Crippen LogP contribution < -0.4 is 5.32 Å². The summed E-state index contributed by atoms with van der Waals surface area (Å²) in [5, 5.41) is 6.09. The minimum absolute atomic E-state index is 0.370. The molecule has 3 aromatic rings. The molecular weight excluding hydrogens is 380 g/mol. The van der Waals surface area contributed by atoms with Gasteiger partial charge in [0.15, 0.2) is 0 Å². The van der Waals surface area contributed by atoms with Crippen LogP contribution in [0.5, 0.6) is 0 Å². The molecule has 2 aromatic carbocycles. The first kappa shape index (κ1) is 23.0. The van der Waals surface area contributed by atoms with Gasteiger partial charge >= 0.3 is 0 Å². The monoisotopic (exact) mass is 418 g/mol. The van der Waals surface area contributed by atoms with E-state index in [4.69, 9.17) is 4.42 Å². The van der Waals surface area contributed by atoms with Crippen molar-refractivity contribution >= 4 is 27.6 Å². The van der Waals surface area contributed by atoms with E-state index in [-0.39, 0.29) is 0 Å². The number of hydrogen-bond donors (Lipinski definition) is 1. The van der Waals surface area contributed by atoms with Crippen LogP contribution in [0.4, 0.5) is 5.69 Å². The number of hydrogen-bond acceptors (Lipinski definition) is 3. The fraction of sp³-hybridized carbons (Fsp3) is 0.429. The molecule has 0 unspecified atom stereocenters. The summed E-state index contributed by atoms with van der Waals surface area (Å²) in [5.41, 5.74) is 7.26. The van der Waals surface area contributed by atoms with Crippen LogP contribution in [0.3, 0.4) is 0 Å². The molecule has 0 saturated carbocycles. The van der Waals surface area contributed by atoms with Gasteiger partial charge in [0.25, 0.3) is 0 Å². The molecule has 3 rings (SSSR count). The number of nitrogens with one attached hydrogen (secondary N) is 1. The fourth-order valence-corrected chi connectivity index (χ4v) is 4.36. The molecule has 3 nitrogen and oxygen atoms in total. The molecule has 0 fully saturated rings. The number of nitrogens with zero attached hydrogens (tertiary/aromatic N) is 1. The molecule has 0 saturated heterocycles. The third-order valence-corrected chi connectivity index (χ3v) is 5.89. The quantitative estimate of drug-likeness (QED) is 0.354. The highest BCUT2D eigenvalue weighted by atomic mass is 16.3. The number of rotatable bonds is 9. The standard InChI is InChI=1S/C28H38N2O/c1-8-12-21(9-2)18-30(7)16-15-29-28-23(19(3)4)17-25-27(26(28)20(5)6)22-13-10-11-14-24(22)31-25/h10-17,19-20,29H,8-9,18H2,1-7H3/b16-15-,21-12+. The Balaban J connectivity index is 2.04. The zero-order valence-corrected chi connectivity index (χ0v) is 20.3. The van der Waals surface area contributed by atoms with Crippen molar-refractivity contribution in [2.24, 2.45) is 0 Å². The molecule has 0 bridgehead atoms. The average molecular weight is 419 g/mol. The summed E-state index contributed by atoms with van der Waals surface area (Å²) in [5.74, 6) is 0.762. The summed E-state index contributed by atoms with van der Waals surface area (Å²) in [6, 6.07) is 10.6. The van der Waals surface area contributed by atoms with E-state index in [9.17, 15) is 0 Å².